The number of piperidine rings is 1. The third-order valence-corrected chi connectivity index (χ3v) is 5.67. The molecule has 10 nitrogen and oxygen atoms in total. The average Bonchev–Trinajstić information content (AvgIpc) is 2.97. The van der Waals surface area contributed by atoms with Crippen molar-refractivity contribution in [1.29, 1.82) is 0 Å². The van der Waals surface area contributed by atoms with Crippen molar-refractivity contribution in [3.05, 3.63) is 0 Å². The number of aliphatic hydroxyl groups excluding tert-OH is 3. The lowest BCUT2D eigenvalue weighted by Crippen LogP contribution is -2.70. The summed E-state index contributed by atoms with van der Waals surface area (Å²) in [6.07, 6.45) is -1.41. The van der Waals surface area contributed by atoms with Crippen molar-refractivity contribution in [1.82, 2.24) is 9.62 Å². The van der Waals surface area contributed by atoms with E-state index in [0.29, 0.717) is 6.42 Å². The second-order valence-corrected chi connectivity index (χ2v) is 8.01. The summed E-state index contributed by atoms with van der Waals surface area (Å²) in [4.78, 5) is 12.7. The number of nitrogens with zero attached hydrogens (tertiary/aromatic N) is 1. The Kier molecular flexibility index (Phi) is 7.62. The molecule has 0 radical (unpaired) electrons. The predicted octanol–water partition coefficient (Wildman–Crippen LogP) is -0.559. The van der Waals surface area contributed by atoms with Gasteiger partial charge >= 0.3 is 16.4 Å². The molecule has 2 fully saturated rings. The summed E-state index contributed by atoms with van der Waals surface area (Å²) < 4.78 is 35.9. The van der Waals surface area contributed by atoms with Gasteiger partial charge in [-0.25, -0.2) is 4.79 Å². The van der Waals surface area contributed by atoms with Crippen LogP contribution < -0.4 is 4.72 Å². The zero-order chi connectivity index (χ0) is 19.3. The smallest absolute Gasteiger partial charge is 0.411 e. The van der Waals surface area contributed by atoms with E-state index >= 15 is 0 Å². The molecule has 0 aromatic heterocycles. The van der Waals surface area contributed by atoms with E-state index in [0.717, 1.165) is 37.0 Å². The zero-order valence-electron chi connectivity index (χ0n) is 14.8. The summed E-state index contributed by atoms with van der Waals surface area (Å²) in [5, 5.41) is 29.9. The van der Waals surface area contributed by atoms with Crippen LogP contribution >= 0.6 is 0 Å². The number of rotatable bonds is 10. The molecule has 0 aliphatic carbocycles. The molecule has 0 bridgehead atoms. The first kappa shape index (κ1) is 21.3. The maximum absolute atomic E-state index is 12.1. The van der Waals surface area contributed by atoms with Crippen LogP contribution in [0.5, 0.6) is 0 Å². The minimum Gasteiger partial charge on any atom is -0.447 e. The number of carbonyl (C=O) groups is 1. The molecule has 0 spiro atoms. The van der Waals surface area contributed by atoms with Crippen molar-refractivity contribution in [3.8, 4) is 0 Å². The Morgan fingerprint density at radius 1 is 1.12 bits per heavy atom. The SMILES string of the molecule is CCCCCCCCOS(=O)(=O)N[C@@H]1C(O)[C@@H](O)[C@H](O)C2COC(=O)N21. The molecule has 2 heterocycles. The molecule has 5 atom stereocenters. The topological polar surface area (TPSA) is 146 Å². The summed E-state index contributed by atoms with van der Waals surface area (Å²) in [7, 11) is -4.27. The summed E-state index contributed by atoms with van der Waals surface area (Å²) in [6, 6.07) is -0.952. The summed E-state index contributed by atoms with van der Waals surface area (Å²) in [5.41, 5.74) is 0. The van der Waals surface area contributed by atoms with Crippen LogP contribution in [0.15, 0.2) is 0 Å². The number of nitrogens with one attached hydrogen (secondary N) is 1. The fraction of sp³-hybridized carbons (Fsp3) is 0.933. The lowest BCUT2D eigenvalue weighted by Gasteiger charge is -2.43. The van der Waals surface area contributed by atoms with Gasteiger partial charge in [-0.05, 0) is 6.42 Å². The zero-order valence-corrected chi connectivity index (χ0v) is 15.6. The maximum Gasteiger partial charge on any atom is 0.411 e. The van der Waals surface area contributed by atoms with Gasteiger partial charge in [-0.1, -0.05) is 39.0 Å². The molecule has 152 valence electrons. The number of hydrogen-bond acceptors (Lipinski definition) is 8. The maximum atomic E-state index is 12.1. The van der Waals surface area contributed by atoms with Crippen molar-refractivity contribution in [3.63, 3.8) is 0 Å². The van der Waals surface area contributed by atoms with Gasteiger partial charge in [-0.15, -0.1) is 0 Å². The Morgan fingerprint density at radius 2 is 1.77 bits per heavy atom. The molecule has 2 aliphatic heterocycles. The largest absolute Gasteiger partial charge is 0.447 e. The third-order valence-electron chi connectivity index (χ3n) is 4.66. The van der Waals surface area contributed by atoms with Crippen LogP contribution in [-0.2, 0) is 19.2 Å². The average molecular weight is 396 g/mol. The number of carbonyl (C=O) groups excluding carboxylic acids is 1. The number of cyclic esters (lactones) is 1. The lowest BCUT2D eigenvalue weighted by atomic mass is 9.93. The highest BCUT2D eigenvalue weighted by Gasteiger charge is 2.54. The normalized spacial score (nSPS) is 31.8. The molecule has 2 aliphatic rings. The summed E-state index contributed by atoms with van der Waals surface area (Å²) >= 11 is 0. The van der Waals surface area contributed by atoms with Gasteiger partial charge in [0.15, 0.2) is 0 Å². The first-order valence-electron chi connectivity index (χ1n) is 8.94. The van der Waals surface area contributed by atoms with Crippen molar-refractivity contribution in [2.45, 2.75) is 76.0 Å². The molecule has 2 saturated heterocycles. The Hall–Kier alpha value is -0.980. The molecule has 0 saturated carbocycles. The van der Waals surface area contributed by atoms with Gasteiger partial charge in [0.2, 0.25) is 0 Å². The van der Waals surface area contributed by atoms with Gasteiger partial charge in [0.05, 0.1) is 12.6 Å². The highest BCUT2D eigenvalue weighted by Crippen LogP contribution is 2.29. The van der Waals surface area contributed by atoms with Gasteiger partial charge in [-0.2, -0.15) is 13.1 Å². The van der Waals surface area contributed by atoms with Crippen molar-refractivity contribution < 1.29 is 37.5 Å². The molecular formula is C15H28N2O8S. The van der Waals surface area contributed by atoms with Crippen LogP contribution in [0.4, 0.5) is 4.79 Å². The molecule has 2 unspecified atom stereocenters. The molecule has 4 N–H and O–H groups in total. The molecular weight excluding hydrogens is 368 g/mol. The summed E-state index contributed by atoms with van der Waals surface area (Å²) in [6.45, 7) is 1.88. The Bertz CT molecular complexity index is 572. The first-order chi connectivity index (χ1) is 12.3. The van der Waals surface area contributed by atoms with E-state index < -0.39 is 46.9 Å². The van der Waals surface area contributed by atoms with E-state index in [4.69, 9.17) is 8.92 Å². The predicted molar refractivity (Wildman–Crippen MR) is 90.2 cm³/mol. The van der Waals surface area contributed by atoms with E-state index in [1.165, 1.54) is 0 Å². The monoisotopic (exact) mass is 396 g/mol. The number of hydrogen-bond donors (Lipinski definition) is 4. The molecule has 0 aromatic rings. The molecule has 1 amide bonds. The fourth-order valence-electron chi connectivity index (χ4n) is 3.17. The summed E-state index contributed by atoms with van der Waals surface area (Å²) in [5.74, 6) is 0. The number of aliphatic hydroxyl groups is 3. The Labute approximate surface area is 153 Å². The van der Waals surface area contributed by atoms with Crippen LogP contribution in [0, 0.1) is 0 Å². The molecule has 11 heteroatoms. The Balaban J connectivity index is 1.89. The second-order valence-electron chi connectivity index (χ2n) is 6.63. The van der Waals surface area contributed by atoms with Crippen molar-refractivity contribution >= 4 is 16.4 Å². The highest BCUT2D eigenvalue weighted by molar-refractivity contribution is 7.84. The quantitative estimate of drug-likeness (QED) is 0.360. The van der Waals surface area contributed by atoms with E-state index in [9.17, 15) is 28.5 Å². The van der Waals surface area contributed by atoms with Gasteiger partial charge in [0.25, 0.3) is 0 Å². The molecule has 2 rings (SSSR count). The van der Waals surface area contributed by atoms with E-state index in [1.807, 2.05) is 0 Å². The standard InChI is InChI=1S/C15H28N2O8S/c1-2-3-4-5-6-7-8-25-26(22,23)16-14-13(20)12(19)11(18)10-9-24-15(21)17(10)14/h10-14,16,18-20H,2-9H2,1H3/t10?,11-,12+,13?,14+/m1/s1. The van der Waals surface area contributed by atoms with Gasteiger partial charge < -0.3 is 20.1 Å². The van der Waals surface area contributed by atoms with Gasteiger partial charge in [-0.3, -0.25) is 9.08 Å². The third kappa shape index (κ3) is 5.05. The molecule has 26 heavy (non-hydrogen) atoms. The van der Waals surface area contributed by atoms with Crippen LogP contribution in [0.2, 0.25) is 0 Å². The second kappa shape index (κ2) is 9.29. The van der Waals surface area contributed by atoms with Crippen LogP contribution in [0.1, 0.15) is 45.4 Å². The van der Waals surface area contributed by atoms with Crippen molar-refractivity contribution in [2.24, 2.45) is 0 Å². The minimum atomic E-state index is -4.27. The highest BCUT2D eigenvalue weighted by atomic mass is 32.2. The number of ether oxygens (including phenoxy) is 1. The van der Waals surface area contributed by atoms with Gasteiger partial charge in [0, 0.05) is 0 Å². The molecule has 0 aromatic carbocycles. The van der Waals surface area contributed by atoms with Crippen molar-refractivity contribution in [2.75, 3.05) is 13.2 Å². The van der Waals surface area contributed by atoms with Crippen LogP contribution in [0.25, 0.3) is 0 Å². The number of fused-ring (bicyclic) bond motifs is 1. The number of amides is 1. The van der Waals surface area contributed by atoms with E-state index in [2.05, 4.69) is 11.6 Å². The van der Waals surface area contributed by atoms with Crippen LogP contribution in [-0.4, -0.2) is 78.5 Å². The van der Waals surface area contributed by atoms with Crippen LogP contribution in [0.3, 0.4) is 0 Å². The fourth-order valence-corrected chi connectivity index (χ4v) is 4.12. The first-order valence-corrected chi connectivity index (χ1v) is 10.3. The Morgan fingerprint density at radius 3 is 2.46 bits per heavy atom. The number of unbranched alkanes of at least 4 members (excludes halogenated alkanes) is 5. The van der Waals surface area contributed by atoms with E-state index in [1.54, 1.807) is 0 Å². The van der Waals surface area contributed by atoms with E-state index in [-0.39, 0.29) is 13.2 Å². The minimum absolute atomic E-state index is 0.0245. The lowest BCUT2D eigenvalue weighted by molar-refractivity contribution is -0.144. The van der Waals surface area contributed by atoms with Gasteiger partial charge in [0.1, 0.15) is 31.1 Å².